The molecule has 0 radical (unpaired) electrons. The molecule has 0 saturated carbocycles. The summed E-state index contributed by atoms with van der Waals surface area (Å²) in [5, 5.41) is 0. The number of carbonyl (C=O) groups is 1. The number of esters is 1. The number of anilines is 1. The van der Waals surface area contributed by atoms with Gasteiger partial charge in [-0.1, -0.05) is 0 Å². The Hall–Kier alpha value is -1.10. The molecule has 1 aromatic rings. The summed E-state index contributed by atoms with van der Waals surface area (Å²) in [6.45, 7) is 6.09. The van der Waals surface area contributed by atoms with Gasteiger partial charge in [-0.3, -0.25) is 4.79 Å². The number of rotatable bonds is 3. The number of ether oxygens (including phenoxy) is 1. The second kappa shape index (κ2) is 6.37. The predicted octanol–water partition coefficient (Wildman–Crippen LogP) is 2.93. The highest BCUT2D eigenvalue weighted by atomic mass is 79.9. The third-order valence-electron chi connectivity index (χ3n) is 3.47. The van der Waals surface area contributed by atoms with Crippen molar-refractivity contribution < 1.29 is 9.53 Å². The molecule has 0 unspecified atom stereocenters. The van der Waals surface area contributed by atoms with E-state index in [1.807, 2.05) is 13.1 Å². The van der Waals surface area contributed by atoms with E-state index >= 15 is 0 Å². The molecule has 2 rings (SSSR count). The van der Waals surface area contributed by atoms with Crippen LogP contribution >= 0.6 is 15.9 Å². The molecular weight excluding hydrogens is 308 g/mol. The lowest BCUT2D eigenvalue weighted by atomic mass is 9.97. The molecule has 104 valence electrons. The molecule has 0 amide bonds. The summed E-state index contributed by atoms with van der Waals surface area (Å²) in [7, 11) is 0. The third-order valence-corrected chi connectivity index (χ3v) is 4.30. The highest BCUT2D eigenvalue weighted by Gasteiger charge is 2.26. The van der Waals surface area contributed by atoms with E-state index in [0.29, 0.717) is 6.61 Å². The van der Waals surface area contributed by atoms with E-state index in [1.54, 1.807) is 0 Å². The first-order chi connectivity index (χ1) is 9.11. The lowest BCUT2D eigenvalue weighted by molar-refractivity contribution is -0.148. The summed E-state index contributed by atoms with van der Waals surface area (Å²) in [4.78, 5) is 18.3. The molecule has 5 heteroatoms. The van der Waals surface area contributed by atoms with Crippen molar-refractivity contribution in [3.63, 3.8) is 0 Å². The number of hydrogen-bond acceptors (Lipinski definition) is 4. The maximum Gasteiger partial charge on any atom is 0.309 e. The van der Waals surface area contributed by atoms with Gasteiger partial charge in [0.15, 0.2) is 0 Å². The molecule has 1 fully saturated rings. The summed E-state index contributed by atoms with van der Waals surface area (Å²) in [5.74, 6) is 0.984. The Bertz CT molecular complexity index is 457. The van der Waals surface area contributed by atoms with Crippen LogP contribution in [-0.2, 0) is 9.53 Å². The maximum atomic E-state index is 11.7. The Morgan fingerprint density at radius 2 is 2.21 bits per heavy atom. The number of carbonyl (C=O) groups excluding carboxylic acids is 1. The number of aromatic nitrogens is 1. The fourth-order valence-electron chi connectivity index (χ4n) is 2.30. The minimum atomic E-state index is -0.0536. The monoisotopic (exact) mass is 326 g/mol. The van der Waals surface area contributed by atoms with Crippen molar-refractivity contribution in [1.29, 1.82) is 0 Å². The Morgan fingerprint density at radius 3 is 2.79 bits per heavy atom. The second-order valence-corrected chi connectivity index (χ2v) is 5.66. The summed E-state index contributed by atoms with van der Waals surface area (Å²) in [5.41, 5.74) is 1.18. The number of aryl methyl sites for hydroxylation is 1. The Kier molecular flexibility index (Phi) is 4.80. The van der Waals surface area contributed by atoms with E-state index in [0.717, 1.165) is 36.2 Å². The van der Waals surface area contributed by atoms with Crippen molar-refractivity contribution in [3.8, 4) is 0 Å². The van der Waals surface area contributed by atoms with E-state index in [4.69, 9.17) is 4.74 Å². The minimum absolute atomic E-state index is 0.0488. The van der Waals surface area contributed by atoms with Crippen LogP contribution in [0.5, 0.6) is 0 Å². The van der Waals surface area contributed by atoms with Crippen molar-refractivity contribution in [2.75, 3.05) is 24.6 Å². The normalized spacial score (nSPS) is 16.5. The van der Waals surface area contributed by atoms with Gasteiger partial charge in [-0.25, -0.2) is 4.98 Å². The van der Waals surface area contributed by atoms with E-state index < -0.39 is 0 Å². The van der Waals surface area contributed by atoms with Gasteiger partial charge in [0.25, 0.3) is 0 Å². The molecule has 0 aromatic carbocycles. The first kappa shape index (κ1) is 14.3. The van der Waals surface area contributed by atoms with Crippen molar-refractivity contribution in [2.45, 2.75) is 26.7 Å². The summed E-state index contributed by atoms with van der Waals surface area (Å²) in [6.07, 6.45) is 3.52. The zero-order valence-electron chi connectivity index (χ0n) is 11.4. The Morgan fingerprint density at radius 1 is 1.53 bits per heavy atom. The zero-order chi connectivity index (χ0) is 13.8. The lowest BCUT2D eigenvalue weighted by Crippen LogP contribution is -2.37. The fraction of sp³-hybridized carbons (Fsp3) is 0.571. The predicted molar refractivity (Wildman–Crippen MR) is 78.2 cm³/mol. The number of hydrogen-bond donors (Lipinski definition) is 0. The average Bonchev–Trinajstić information content (AvgIpc) is 2.42. The lowest BCUT2D eigenvalue weighted by Gasteiger charge is -2.31. The van der Waals surface area contributed by atoms with E-state index in [1.165, 1.54) is 5.56 Å². The van der Waals surface area contributed by atoms with Crippen LogP contribution in [0.2, 0.25) is 0 Å². The van der Waals surface area contributed by atoms with E-state index in [9.17, 15) is 4.79 Å². The quantitative estimate of drug-likeness (QED) is 0.801. The fourth-order valence-corrected chi connectivity index (χ4v) is 2.52. The molecule has 2 heterocycles. The average molecular weight is 327 g/mol. The number of nitrogens with zero attached hydrogens (tertiary/aromatic N) is 2. The molecule has 1 aromatic heterocycles. The molecule has 1 aliphatic heterocycles. The van der Waals surface area contributed by atoms with Gasteiger partial charge < -0.3 is 9.64 Å². The van der Waals surface area contributed by atoms with Gasteiger partial charge in [0, 0.05) is 23.8 Å². The van der Waals surface area contributed by atoms with Crippen molar-refractivity contribution in [1.82, 2.24) is 4.98 Å². The van der Waals surface area contributed by atoms with Crippen LogP contribution in [-0.4, -0.2) is 30.6 Å². The smallest absolute Gasteiger partial charge is 0.309 e. The largest absolute Gasteiger partial charge is 0.466 e. The van der Waals surface area contributed by atoms with Gasteiger partial charge >= 0.3 is 5.97 Å². The molecular formula is C14H19BrN2O2. The van der Waals surface area contributed by atoms with Gasteiger partial charge in [0.2, 0.25) is 0 Å². The molecule has 0 N–H and O–H groups in total. The molecule has 4 nitrogen and oxygen atoms in total. The van der Waals surface area contributed by atoms with Crippen LogP contribution in [0.3, 0.4) is 0 Å². The van der Waals surface area contributed by atoms with Crippen LogP contribution in [0.1, 0.15) is 25.3 Å². The van der Waals surface area contributed by atoms with Crippen LogP contribution < -0.4 is 4.90 Å². The number of halogens is 1. The first-order valence-corrected chi connectivity index (χ1v) is 7.45. The third kappa shape index (κ3) is 3.47. The molecule has 1 aliphatic rings. The number of piperidine rings is 1. The highest BCUT2D eigenvalue weighted by Crippen LogP contribution is 2.25. The number of pyridine rings is 1. The van der Waals surface area contributed by atoms with Gasteiger partial charge in [-0.15, -0.1) is 0 Å². The minimum Gasteiger partial charge on any atom is -0.466 e. The Balaban J connectivity index is 1.96. The summed E-state index contributed by atoms with van der Waals surface area (Å²) in [6, 6.07) is 2.08. The van der Waals surface area contributed by atoms with Gasteiger partial charge in [0.1, 0.15) is 5.82 Å². The maximum absolute atomic E-state index is 11.7. The SMILES string of the molecule is CCOC(=O)C1CCN(c2cc(C)c(Br)cn2)CC1. The zero-order valence-corrected chi connectivity index (χ0v) is 12.9. The van der Waals surface area contributed by atoms with E-state index in [-0.39, 0.29) is 11.9 Å². The van der Waals surface area contributed by atoms with Crippen molar-refractivity contribution >= 4 is 27.7 Å². The van der Waals surface area contributed by atoms with Crippen LogP contribution in [0.15, 0.2) is 16.7 Å². The van der Waals surface area contributed by atoms with Crippen molar-refractivity contribution in [2.24, 2.45) is 5.92 Å². The molecule has 0 bridgehead atoms. The van der Waals surface area contributed by atoms with Crippen LogP contribution in [0.25, 0.3) is 0 Å². The molecule has 19 heavy (non-hydrogen) atoms. The van der Waals surface area contributed by atoms with Crippen molar-refractivity contribution in [3.05, 3.63) is 22.3 Å². The van der Waals surface area contributed by atoms with Gasteiger partial charge in [-0.05, 0) is 54.2 Å². The van der Waals surface area contributed by atoms with Crippen LogP contribution in [0, 0.1) is 12.8 Å². The van der Waals surface area contributed by atoms with Crippen LogP contribution in [0.4, 0.5) is 5.82 Å². The second-order valence-electron chi connectivity index (χ2n) is 4.81. The first-order valence-electron chi connectivity index (χ1n) is 6.65. The van der Waals surface area contributed by atoms with E-state index in [2.05, 4.69) is 38.8 Å². The highest BCUT2D eigenvalue weighted by molar-refractivity contribution is 9.10. The molecule has 0 aliphatic carbocycles. The summed E-state index contributed by atoms with van der Waals surface area (Å²) >= 11 is 3.46. The standard InChI is InChI=1S/C14H19BrN2O2/c1-3-19-14(18)11-4-6-17(7-5-11)13-8-10(2)12(15)9-16-13/h8-9,11H,3-7H2,1-2H3. The molecule has 0 atom stereocenters. The summed E-state index contributed by atoms with van der Waals surface area (Å²) < 4.78 is 6.10. The van der Waals surface area contributed by atoms with Gasteiger partial charge in [0.05, 0.1) is 12.5 Å². The molecule has 0 spiro atoms. The molecule has 1 saturated heterocycles. The topological polar surface area (TPSA) is 42.4 Å². The van der Waals surface area contributed by atoms with Gasteiger partial charge in [-0.2, -0.15) is 0 Å². The Labute approximate surface area is 122 Å².